The third kappa shape index (κ3) is 7.74. The molecule has 2 aromatic carbocycles. The van der Waals surface area contributed by atoms with Crippen molar-refractivity contribution in [1.82, 2.24) is 14.6 Å². The van der Waals surface area contributed by atoms with Crippen LogP contribution in [-0.4, -0.2) is 61.7 Å². The van der Waals surface area contributed by atoms with Gasteiger partial charge in [-0.3, -0.25) is 9.78 Å². The van der Waals surface area contributed by atoms with Crippen LogP contribution in [0.15, 0.2) is 59.5 Å². The molecule has 0 radical (unpaired) electrons. The third-order valence-corrected chi connectivity index (χ3v) is 8.12. The minimum atomic E-state index is -3.98. The number of benzene rings is 2. The summed E-state index contributed by atoms with van der Waals surface area (Å²) < 4.78 is 45.8. The first-order chi connectivity index (χ1) is 19.4. The SMILES string of the molecule is CCOC(=O)C1CN(C(=O)OC(C)(C)C)CCC1NS(=O)(=O)c1ccc(OCc2cc(C)nc3ccccc23)cc1. The number of piperidine rings is 1. The minimum absolute atomic E-state index is 0.0170. The fourth-order valence-corrected chi connectivity index (χ4v) is 6.04. The molecule has 2 heterocycles. The van der Waals surface area contributed by atoms with Crippen LogP contribution in [0.4, 0.5) is 4.79 Å². The van der Waals surface area contributed by atoms with Crippen LogP contribution in [0.2, 0.25) is 0 Å². The molecule has 4 rings (SSSR count). The molecule has 1 saturated heterocycles. The fraction of sp³-hybridized carbons (Fsp3) is 0.433. The maximum absolute atomic E-state index is 13.3. The van der Waals surface area contributed by atoms with Gasteiger partial charge in [0.15, 0.2) is 0 Å². The molecule has 1 aliphatic heterocycles. The predicted octanol–water partition coefficient (Wildman–Crippen LogP) is 4.59. The number of para-hydroxylation sites is 1. The molecule has 10 nitrogen and oxygen atoms in total. The maximum atomic E-state index is 13.3. The van der Waals surface area contributed by atoms with E-state index in [1.165, 1.54) is 17.0 Å². The minimum Gasteiger partial charge on any atom is -0.489 e. The average molecular weight is 584 g/mol. The summed E-state index contributed by atoms with van der Waals surface area (Å²) >= 11 is 0. The lowest BCUT2D eigenvalue weighted by Crippen LogP contribution is -2.55. The van der Waals surface area contributed by atoms with Gasteiger partial charge in [-0.2, -0.15) is 0 Å². The first-order valence-electron chi connectivity index (χ1n) is 13.6. The summed E-state index contributed by atoms with van der Waals surface area (Å²) in [6.07, 6.45) is -0.332. The van der Waals surface area contributed by atoms with E-state index < -0.39 is 39.6 Å². The summed E-state index contributed by atoms with van der Waals surface area (Å²) in [5, 5.41) is 0.996. The number of aryl methyl sites for hydroxylation is 1. The average Bonchev–Trinajstić information content (AvgIpc) is 2.91. The zero-order chi connectivity index (χ0) is 29.8. The largest absolute Gasteiger partial charge is 0.489 e. The normalized spacial score (nSPS) is 17.7. The topological polar surface area (TPSA) is 124 Å². The Bertz CT molecular complexity index is 1500. The molecule has 3 aromatic rings. The van der Waals surface area contributed by atoms with Crippen molar-refractivity contribution in [3.8, 4) is 5.75 Å². The summed E-state index contributed by atoms with van der Waals surface area (Å²) in [6.45, 7) is 9.52. The van der Waals surface area contributed by atoms with Gasteiger partial charge < -0.3 is 19.1 Å². The second-order valence-corrected chi connectivity index (χ2v) is 12.7. The van der Waals surface area contributed by atoms with Gasteiger partial charge in [0.05, 0.1) is 22.9 Å². The second kappa shape index (κ2) is 12.4. The number of hydrogen-bond acceptors (Lipinski definition) is 8. The van der Waals surface area contributed by atoms with Crippen LogP contribution in [0.1, 0.15) is 45.4 Å². The van der Waals surface area contributed by atoms with Crippen molar-refractivity contribution in [2.24, 2.45) is 5.92 Å². The molecule has 0 aliphatic carbocycles. The van der Waals surface area contributed by atoms with Gasteiger partial charge in [0.25, 0.3) is 0 Å². The van der Waals surface area contributed by atoms with Crippen molar-refractivity contribution in [3.05, 3.63) is 65.9 Å². The lowest BCUT2D eigenvalue weighted by molar-refractivity contribution is -0.150. The molecule has 1 fully saturated rings. The number of carbonyl (C=O) groups is 2. The molecule has 2 atom stereocenters. The summed E-state index contributed by atoms with van der Waals surface area (Å²) in [4.78, 5) is 31.4. The van der Waals surface area contributed by atoms with Gasteiger partial charge in [-0.1, -0.05) is 18.2 Å². The standard InChI is InChI=1S/C30H37N3O7S/c1-6-38-28(34)25-18-33(29(35)40-30(3,4)5)16-15-27(25)32-41(36,37)23-13-11-22(12-14-23)39-19-21-17-20(2)31-26-10-8-7-9-24(21)26/h7-14,17,25,27,32H,6,15-16,18-19H2,1-5H3. The highest BCUT2D eigenvalue weighted by Gasteiger charge is 2.40. The summed E-state index contributed by atoms with van der Waals surface area (Å²) in [5.41, 5.74) is 2.05. The number of aromatic nitrogens is 1. The van der Waals surface area contributed by atoms with Gasteiger partial charge >= 0.3 is 12.1 Å². The van der Waals surface area contributed by atoms with Crippen LogP contribution in [0, 0.1) is 12.8 Å². The Kier molecular flexibility index (Phi) is 9.18. The summed E-state index contributed by atoms with van der Waals surface area (Å²) in [7, 11) is -3.98. The molecular weight excluding hydrogens is 546 g/mol. The van der Waals surface area contributed by atoms with E-state index in [0.29, 0.717) is 12.4 Å². The second-order valence-electron chi connectivity index (χ2n) is 11.0. The highest BCUT2D eigenvalue weighted by atomic mass is 32.2. The number of sulfonamides is 1. The van der Waals surface area contributed by atoms with Crippen molar-refractivity contribution in [2.45, 2.75) is 64.2 Å². The van der Waals surface area contributed by atoms with Gasteiger partial charge in [0.2, 0.25) is 10.0 Å². The Morgan fingerprint density at radius 1 is 1.10 bits per heavy atom. The lowest BCUT2D eigenvalue weighted by Gasteiger charge is -2.37. The Hall–Kier alpha value is -3.70. The number of rotatable bonds is 8. The van der Waals surface area contributed by atoms with Gasteiger partial charge in [-0.25, -0.2) is 17.9 Å². The number of amides is 1. The van der Waals surface area contributed by atoms with E-state index >= 15 is 0 Å². The molecule has 220 valence electrons. The molecule has 1 amide bonds. The Labute approximate surface area is 241 Å². The van der Waals surface area contributed by atoms with Crippen LogP contribution in [-0.2, 0) is 30.9 Å². The molecule has 2 unspecified atom stereocenters. The molecule has 0 saturated carbocycles. The van der Waals surface area contributed by atoms with E-state index in [9.17, 15) is 18.0 Å². The Morgan fingerprint density at radius 2 is 1.80 bits per heavy atom. The van der Waals surface area contributed by atoms with Crippen molar-refractivity contribution < 1.29 is 32.2 Å². The van der Waals surface area contributed by atoms with E-state index in [-0.39, 0.29) is 31.0 Å². The number of carbonyl (C=O) groups excluding carboxylic acids is 2. The maximum Gasteiger partial charge on any atom is 0.410 e. The zero-order valence-electron chi connectivity index (χ0n) is 24.0. The van der Waals surface area contributed by atoms with Crippen LogP contribution < -0.4 is 9.46 Å². The van der Waals surface area contributed by atoms with E-state index in [1.54, 1.807) is 39.8 Å². The Balaban J connectivity index is 1.44. The predicted molar refractivity (Wildman–Crippen MR) is 154 cm³/mol. The van der Waals surface area contributed by atoms with Crippen LogP contribution in [0.5, 0.6) is 5.75 Å². The zero-order valence-corrected chi connectivity index (χ0v) is 24.9. The first-order valence-corrected chi connectivity index (χ1v) is 15.1. The molecule has 41 heavy (non-hydrogen) atoms. The molecule has 1 aromatic heterocycles. The lowest BCUT2D eigenvalue weighted by atomic mass is 9.93. The molecule has 1 aliphatic rings. The van der Waals surface area contributed by atoms with E-state index in [4.69, 9.17) is 14.2 Å². The highest BCUT2D eigenvalue weighted by Crippen LogP contribution is 2.25. The van der Waals surface area contributed by atoms with Crippen LogP contribution in [0.25, 0.3) is 10.9 Å². The summed E-state index contributed by atoms with van der Waals surface area (Å²) in [5.74, 6) is -0.944. The van der Waals surface area contributed by atoms with E-state index in [1.807, 2.05) is 37.3 Å². The number of ether oxygens (including phenoxy) is 3. The van der Waals surface area contributed by atoms with Gasteiger partial charge in [-0.15, -0.1) is 0 Å². The van der Waals surface area contributed by atoms with Gasteiger partial charge in [-0.05, 0) is 77.4 Å². The monoisotopic (exact) mass is 583 g/mol. The smallest absolute Gasteiger partial charge is 0.410 e. The van der Waals surface area contributed by atoms with Crippen molar-refractivity contribution >= 4 is 33.0 Å². The van der Waals surface area contributed by atoms with Crippen molar-refractivity contribution in [3.63, 3.8) is 0 Å². The number of nitrogens with one attached hydrogen (secondary N) is 1. The van der Waals surface area contributed by atoms with Crippen LogP contribution >= 0.6 is 0 Å². The first kappa shape index (κ1) is 30.3. The number of hydrogen-bond donors (Lipinski definition) is 1. The molecule has 1 N–H and O–H groups in total. The third-order valence-electron chi connectivity index (χ3n) is 6.62. The van der Waals surface area contributed by atoms with Gasteiger partial charge in [0, 0.05) is 35.8 Å². The summed E-state index contributed by atoms with van der Waals surface area (Å²) in [6, 6.07) is 15.2. The molecular formula is C30H37N3O7S. The number of pyridine rings is 1. The van der Waals surface area contributed by atoms with Crippen molar-refractivity contribution in [2.75, 3.05) is 19.7 Å². The fourth-order valence-electron chi connectivity index (χ4n) is 4.73. The quantitative estimate of drug-likeness (QED) is 0.382. The highest BCUT2D eigenvalue weighted by molar-refractivity contribution is 7.89. The van der Waals surface area contributed by atoms with E-state index in [2.05, 4.69) is 9.71 Å². The number of nitrogens with zero attached hydrogens (tertiary/aromatic N) is 2. The number of esters is 1. The number of likely N-dealkylation sites (tertiary alicyclic amines) is 1. The molecule has 11 heteroatoms. The molecule has 0 bridgehead atoms. The van der Waals surface area contributed by atoms with E-state index in [0.717, 1.165) is 22.2 Å². The van der Waals surface area contributed by atoms with Crippen LogP contribution in [0.3, 0.4) is 0 Å². The number of fused-ring (bicyclic) bond motifs is 1. The molecule has 0 spiro atoms. The Morgan fingerprint density at radius 3 is 2.49 bits per heavy atom. The van der Waals surface area contributed by atoms with Gasteiger partial charge in [0.1, 0.15) is 18.0 Å². The van der Waals surface area contributed by atoms with Crippen molar-refractivity contribution in [1.29, 1.82) is 0 Å².